The molecule has 0 saturated heterocycles. The number of fused-ring (bicyclic) bond motifs is 2. The van der Waals surface area contributed by atoms with E-state index >= 15 is 0 Å². The molecule has 0 radical (unpaired) electrons. The minimum Gasteiger partial charge on any atom is -1.00 e. The number of anilines is 1. The van der Waals surface area contributed by atoms with Gasteiger partial charge >= 0.3 is 0 Å². The van der Waals surface area contributed by atoms with Gasteiger partial charge in [0.15, 0.2) is 0 Å². The van der Waals surface area contributed by atoms with Crippen molar-refractivity contribution in [3.63, 3.8) is 0 Å². The van der Waals surface area contributed by atoms with Crippen LogP contribution in [0.5, 0.6) is 0 Å². The molecule has 2 aromatic rings. The number of amides is 4. The highest BCUT2D eigenvalue weighted by Gasteiger charge is 2.36. The molecule has 0 bridgehead atoms. The van der Waals surface area contributed by atoms with Crippen LogP contribution in [0.1, 0.15) is 48.4 Å². The number of thiophene rings is 1. The molecule has 8 nitrogen and oxygen atoms in total. The van der Waals surface area contributed by atoms with E-state index in [0.717, 1.165) is 28.4 Å². The summed E-state index contributed by atoms with van der Waals surface area (Å²) in [5.41, 5.74) is 7.36. The van der Waals surface area contributed by atoms with Crippen LogP contribution in [0.25, 0.3) is 0 Å². The summed E-state index contributed by atoms with van der Waals surface area (Å²) in [6.45, 7) is 4.06. The second kappa shape index (κ2) is 8.55. The molecule has 0 spiro atoms. The molecule has 0 saturated carbocycles. The summed E-state index contributed by atoms with van der Waals surface area (Å²) in [5, 5.41) is 3.07. The molecule has 0 fully saturated rings. The lowest BCUT2D eigenvalue weighted by Crippen LogP contribution is -3.00. The molecule has 10 heteroatoms. The van der Waals surface area contributed by atoms with E-state index in [4.69, 9.17) is 5.73 Å². The molecule has 3 heterocycles. The van der Waals surface area contributed by atoms with Crippen LogP contribution in [0, 0.1) is 0 Å². The molecule has 1 aromatic heterocycles. The van der Waals surface area contributed by atoms with Gasteiger partial charge in [0.1, 0.15) is 11.5 Å². The Labute approximate surface area is 183 Å². The summed E-state index contributed by atoms with van der Waals surface area (Å²) in [7, 11) is 0. The molecular weight excluding hydrogens is 428 g/mol. The van der Waals surface area contributed by atoms with Crippen molar-refractivity contribution < 1.29 is 31.6 Å². The predicted octanol–water partition coefficient (Wildman–Crippen LogP) is -1.54. The minimum absolute atomic E-state index is 0. The largest absolute Gasteiger partial charge is 1.00 e. The monoisotopic (exact) mass is 447 g/mol. The zero-order valence-corrected chi connectivity index (χ0v) is 17.8. The fourth-order valence-corrected chi connectivity index (χ4v) is 5.08. The third-order valence-corrected chi connectivity index (χ3v) is 6.39. The highest BCUT2D eigenvalue weighted by atomic mass is 35.5. The van der Waals surface area contributed by atoms with Crippen LogP contribution in [0.2, 0.25) is 0 Å². The van der Waals surface area contributed by atoms with E-state index in [-0.39, 0.29) is 23.5 Å². The molecule has 4 amide bonds. The smallest absolute Gasteiger partial charge is 0.262 e. The molecule has 30 heavy (non-hydrogen) atoms. The molecule has 0 atom stereocenters. The van der Waals surface area contributed by atoms with Crippen LogP contribution < -0.4 is 23.5 Å². The van der Waals surface area contributed by atoms with Crippen molar-refractivity contribution in [3.05, 3.63) is 51.4 Å². The number of halogens is 1. The second-order valence-corrected chi connectivity index (χ2v) is 8.09. The summed E-state index contributed by atoms with van der Waals surface area (Å²) in [6.07, 6.45) is 0.687. The lowest BCUT2D eigenvalue weighted by molar-refractivity contribution is -0.116. The number of likely N-dealkylation sites (N-methyl/N-ethyl adjacent to an activating group) is 1. The standard InChI is InChI=1S/C20H20N4O4S.ClH/c1-2-23-8-7-13-14(9-23)29-18(16(13)17(21)26)22-15(25)10-24-19(27)11-5-3-4-6-12(11)20(24)28;/h3-6H,2,7-10H2,1H3,(H2,21,26)(H,22,25);1H/p-1. The topological polar surface area (TPSA) is 113 Å². The van der Waals surface area contributed by atoms with Gasteiger partial charge in [-0.05, 0) is 30.7 Å². The van der Waals surface area contributed by atoms with E-state index in [2.05, 4.69) is 17.1 Å². The lowest BCUT2D eigenvalue weighted by Gasteiger charge is -2.25. The third-order valence-electron chi connectivity index (χ3n) is 5.26. The molecule has 0 aliphatic carbocycles. The van der Waals surface area contributed by atoms with Crippen molar-refractivity contribution in [2.24, 2.45) is 5.73 Å². The first kappa shape index (κ1) is 21.9. The van der Waals surface area contributed by atoms with Gasteiger partial charge in [-0.1, -0.05) is 19.1 Å². The zero-order chi connectivity index (χ0) is 20.7. The molecule has 0 unspecified atom stereocenters. The summed E-state index contributed by atoms with van der Waals surface area (Å²) < 4.78 is 0. The first-order valence-corrected chi connectivity index (χ1v) is 10.1. The van der Waals surface area contributed by atoms with Crippen molar-refractivity contribution >= 4 is 40.0 Å². The number of carbonyl (C=O) groups is 4. The molecule has 4 rings (SSSR count). The number of hydrogen-bond donors (Lipinski definition) is 2. The maximum atomic E-state index is 12.6. The number of hydrogen-bond acceptors (Lipinski definition) is 6. The van der Waals surface area contributed by atoms with E-state index in [1.165, 1.54) is 11.3 Å². The van der Waals surface area contributed by atoms with Gasteiger partial charge in [-0.2, -0.15) is 0 Å². The maximum absolute atomic E-state index is 12.6. The Morgan fingerprint density at radius 2 is 1.80 bits per heavy atom. The lowest BCUT2D eigenvalue weighted by atomic mass is 10.0. The highest BCUT2D eigenvalue weighted by molar-refractivity contribution is 7.17. The number of benzene rings is 1. The number of nitrogens with one attached hydrogen (secondary N) is 1. The van der Waals surface area contributed by atoms with Gasteiger partial charge in [-0.3, -0.25) is 29.0 Å². The van der Waals surface area contributed by atoms with Crippen LogP contribution in [0.4, 0.5) is 5.00 Å². The Morgan fingerprint density at radius 1 is 1.17 bits per heavy atom. The number of imide groups is 1. The Morgan fingerprint density at radius 3 is 2.37 bits per heavy atom. The summed E-state index contributed by atoms with van der Waals surface area (Å²) >= 11 is 1.32. The van der Waals surface area contributed by atoms with E-state index < -0.39 is 30.2 Å². The van der Waals surface area contributed by atoms with Crippen LogP contribution >= 0.6 is 11.3 Å². The summed E-state index contributed by atoms with van der Waals surface area (Å²) in [6, 6.07) is 6.46. The molecule has 1 aromatic carbocycles. The minimum atomic E-state index is -0.594. The fraction of sp³-hybridized carbons (Fsp3) is 0.300. The number of nitrogens with zero attached hydrogens (tertiary/aromatic N) is 2. The van der Waals surface area contributed by atoms with Crippen LogP contribution in [-0.4, -0.2) is 53.1 Å². The van der Waals surface area contributed by atoms with Gasteiger partial charge in [0.2, 0.25) is 5.91 Å². The highest BCUT2D eigenvalue weighted by Crippen LogP contribution is 2.37. The van der Waals surface area contributed by atoms with Gasteiger partial charge in [0.05, 0.1) is 16.7 Å². The van der Waals surface area contributed by atoms with E-state index in [1.807, 2.05) is 0 Å². The van der Waals surface area contributed by atoms with Gasteiger partial charge in [0.25, 0.3) is 17.7 Å². The normalized spacial score (nSPS) is 15.4. The molecule has 158 valence electrons. The average Bonchev–Trinajstić information content (AvgIpc) is 3.18. The van der Waals surface area contributed by atoms with Crippen molar-refractivity contribution in [2.75, 3.05) is 25.0 Å². The third kappa shape index (κ3) is 3.71. The Bertz CT molecular complexity index is 1020. The molecule has 2 aliphatic rings. The second-order valence-electron chi connectivity index (χ2n) is 6.98. The molecule has 2 aliphatic heterocycles. The number of rotatable bonds is 5. The maximum Gasteiger partial charge on any atom is 0.262 e. The van der Waals surface area contributed by atoms with Crippen LogP contribution in [0.3, 0.4) is 0 Å². The first-order chi connectivity index (χ1) is 13.9. The van der Waals surface area contributed by atoms with E-state index in [0.29, 0.717) is 23.5 Å². The van der Waals surface area contributed by atoms with Crippen molar-refractivity contribution in [1.29, 1.82) is 0 Å². The van der Waals surface area contributed by atoms with Crippen LogP contribution in [-0.2, 0) is 17.8 Å². The van der Waals surface area contributed by atoms with E-state index in [1.54, 1.807) is 24.3 Å². The fourth-order valence-electron chi connectivity index (χ4n) is 3.77. The zero-order valence-electron chi connectivity index (χ0n) is 16.2. The summed E-state index contributed by atoms with van der Waals surface area (Å²) in [4.78, 5) is 53.7. The number of carbonyl (C=O) groups excluding carboxylic acids is 4. The number of nitrogens with two attached hydrogens (primary N) is 1. The molecule has 3 N–H and O–H groups in total. The Hall–Kier alpha value is -2.75. The van der Waals surface area contributed by atoms with Crippen molar-refractivity contribution in [1.82, 2.24) is 9.80 Å². The Kier molecular flexibility index (Phi) is 6.25. The van der Waals surface area contributed by atoms with E-state index in [9.17, 15) is 19.2 Å². The van der Waals surface area contributed by atoms with Crippen LogP contribution in [0.15, 0.2) is 24.3 Å². The number of primary amides is 1. The van der Waals surface area contributed by atoms with Crippen molar-refractivity contribution in [2.45, 2.75) is 19.9 Å². The van der Waals surface area contributed by atoms with Gasteiger partial charge in [0, 0.05) is 18.0 Å². The van der Waals surface area contributed by atoms with Gasteiger partial charge in [-0.15, -0.1) is 11.3 Å². The molecular formula is C20H20ClN4O4S-. The summed E-state index contributed by atoms with van der Waals surface area (Å²) in [5.74, 6) is -2.14. The average molecular weight is 448 g/mol. The predicted molar refractivity (Wildman–Crippen MR) is 108 cm³/mol. The van der Waals surface area contributed by atoms with Gasteiger partial charge < -0.3 is 23.5 Å². The van der Waals surface area contributed by atoms with Crippen molar-refractivity contribution in [3.8, 4) is 0 Å². The Balaban J connectivity index is 0.00000256. The van der Waals surface area contributed by atoms with Gasteiger partial charge in [-0.25, -0.2) is 0 Å². The SMILES string of the molecule is CCN1CCc2c(sc(NC(=O)CN3C(=O)c4ccccc4C3=O)c2C(N)=O)C1.[Cl-]. The quantitative estimate of drug-likeness (QED) is 0.540. The first-order valence-electron chi connectivity index (χ1n) is 9.32.